The minimum Gasteiger partial charge on any atom is -0.419 e. The van der Waals surface area contributed by atoms with Gasteiger partial charge in [0.05, 0.1) is 11.4 Å². The Kier molecular flexibility index (Phi) is 4.43. The maximum Gasteiger partial charge on any atom is 0.257 e. The first kappa shape index (κ1) is 14.1. The van der Waals surface area contributed by atoms with E-state index in [2.05, 4.69) is 28.4 Å². The standard InChI is InChI=1S/C14H19N3OS2/c1-17(10-5-3-6-11(10)19-2)9-13-15-16-14(18-13)12-7-4-8-20-12/h4,7-8,10-11H,3,5-6,9H2,1-2H3/t10-,11-/m0/s1. The Bertz CT molecular complexity index is 540. The maximum atomic E-state index is 5.77. The zero-order chi connectivity index (χ0) is 13.9. The number of nitrogens with zero attached hydrogens (tertiary/aromatic N) is 3. The van der Waals surface area contributed by atoms with Crippen LogP contribution in [0.4, 0.5) is 0 Å². The maximum absolute atomic E-state index is 5.77. The highest BCUT2D eigenvalue weighted by Gasteiger charge is 2.30. The van der Waals surface area contributed by atoms with Gasteiger partial charge in [0.25, 0.3) is 5.89 Å². The monoisotopic (exact) mass is 309 g/mol. The predicted molar refractivity (Wildman–Crippen MR) is 84.0 cm³/mol. The van der Waals surface area contributed by atoms with E-state index >= 15 is 0 Å². The second-order valence-corrected chi connectivity index (χ2v) is 7.19. The Labute approximate surface area is 127 Å². The topological polar surface area (TPSA) is 42.2 Å². The Balaban J connectivity index is 1.66. The average Bonchev–Trinajstić information content (AvgIpc) is 3.19. The quantitative estimate of drug-likeness (QED) is 0.845. The molecule has 2 atom stereocenters. The molecule has 1 fully saturated rings. The average molecular weight is 309 g/mol. The SMILES string of the molecule is CS[C@H]1CCC[C@@H]1N(C)Cc1nnc(-c2cccs2)o1. The van der Waals surface area contributed by atoms with Crippen LogP contribution in [0.3, 0.4) is 0 Å². The summed E-state index contributed by atoms with van der Waals surface area (Å²) >= 11 is 3.60. The molecule has 1 aliphatic rings. The first-order valence-corrected chi connectivity index (χ1v) is 9.04. The fourth-order valence-electron chi connectivity index (χ4n) is 2.83. The van der Waals surface area contributed by atoms with E-state index in [-0.39, 0.29) is 0 Å². The molecule has 0 spiro atoms. The first-order valence-electron chi connectivity index (χ1n) is 6.87. The molecule has 4 nitrogen and oxygen atoms in total. The molecule has 0 N–H and O–H groups in total. The molecular weight excluding hydrogens is 290 g/mol. The minimum atomic E-state index is 0.627. The van der Waals surface area contributed by atoms with Crippen molar-refractivity contribution >= 4 is 23.1 Å². The van der Waals surface area contributed by atoms with Crippen LogP contribution in [0.15, 0.2) is 21.9 Å². The number of hydrogen-bond donors (Lipinski definition) is 0. The third kappa shape index (κ3) is 2.92. The molecule has 108 valence electrons. The number of aromatic nitrogens is 2. The smallest absolute Gasteiger partial charge is 0.257 e. The van der Waals surface area contributed by atoms with Gasteiger partial charge in [-0.05, 0) is 37.6 Å². The summed E-state index contributed by atoms with van der Waals surface area (Å²) < 4.78 is 5.77. The van der Waals surface area contributed by atoms with Gasteiger partial charge in [0.15, 0.2) is 0 Å². The van der Waals surface area contributed by atoms with Crippen LogP contribution < -0.4 is 0 Å². The van der Waals surface area contributed by atoms with Crippen LogP contribution in [0.1, 0.15) is 25.2 Å². The highest BCUT2D eigenvalue weighted by Crippen LogP contribution is 2.32. The van der Waals surface area contributed by atoms with Gasteiger partial charge < -0.3 is 4.42 Å². The van der Waals surface area contributed by atoms with E-state index in [9.17, 15) is 0 Å². The van der Waals surface area contributed by atoms with E-state index in [4.69, 9.17) is 4.42 Å². The third-order valence-electron chi connectivity index (χ3n) is 3.87. The van der Waals surface area contributed by atoms with Crippen LogP contribution in [0.25, 0.3) is 10.8 Å². The lowest BCUT2D eigenvalue weighted by molar-refractivity contribution is 0.219. The third-order valence-corrected chi connectivity index (χ3v) is 5.88. The predicted octanol–water partition coefficient (Wildman–Crippen LogP) is 3.51. The number of thioether (sulfide) groups is 1. The molecule has 2 aromatic rings. The van der Waals surface area contributed by atoms with Crippen molar-refractivity contribution in [2.24, 2.45) is 0 Å². The van der Waals surface area contributed by atoms with Gasteiger partial charge in [-0.15, -0.1) is 21.5 Å². The molecule has 0 unspecified atom stereocenters. The molecule has 3 rings (SSSR count). The summed E-state index contributed by atoms with van der Waals surface area (Å²) in [7, 11) is 2.16. The van der Waals surface area contributed by atoms with Gasteiger partial charge >= 0.3 is 0 Å². The first-order chi connectivity index (χ1) is 9.78. The minimum absolute atomic E-state index is 0.627. The summed E-state index contributed by atoms with van der Waals surface area (Å²) in [5.41, 5.74) is 0. The Morgan fingerprint density at radius 3 is 3.10 bits per heavy atom. The fourth-order valence-corrected chi connectivity index (χ4v) is 4.54. The molecular formula is C14H19N3OS2. The molecule has 2 heterocycles. The lowest BCUT2D eigenvalue weighted by Crippen LogP contribution is -2.35. The summed E-state index contributed by atoms with van der Waals surface area (Å²) in [6.07, 6.45) is 6.12. The fraction of sp³-hybridized carbons (Fsp3) is 0.571. The van der Waals surface area contributed by atoms with Crippen molar-refractivity contribution < 1.29 is 4.42 Å². The number of hydrogen-bond acceptors (Lipinski definition) is 6. The molecule has 0 amide bonds. The van der Waals surface area contributed by atoms with Crippen molar-refractivity contribution in [3.63, 3.8) is 0 Å². The van der Waals surface area contributed by atoms with Gasteiger partial charge in [-0.25, -0.2) is 0 Å². The van der Waals surface area contributed by atoms with Crippen molar-refractivity contribution in [3.8, 4) is 10.8 Å². The summed E-state index contributed by atoms with van der Waals surface area (Å²) in [5.74, 6) is 1.35. The van der Waals surface area contributed by atoms with E-state index in [1.165, 1.54) is 19.3 Å². The van der Waals surface area contributed by atoms with Gasteiger partial charge in [-0.3, -0.25) is 4.90 Å². The van der Waals surface area contributed by atoms with Gasteiger partial charge in [0.2, 0.25) is 5.89 Å². The second-order valence-electron chi connectivity index (χ2n) is 5.17. The molecule has 0 bridgehead atoms. The van der Waals surface area contributed by atoms with Crippen LogP contribution in [0.5, 0.6) is 0 Å². The largest absolute Gasteiger partial charge is 0.419 e. The van der Waals surface area contributed by atoms with Gasteiger partial charge in [0.1, 0.15) is 0 Å². The van der Waals surface area contributed by atoms with E-state index in [1.54, 1.807) is 11.3 Å². The zero-order valence-electron chi connectivity index (χ0n) is 11.8. The van der Waals surface area contributed by atoms with Gasteiger partial charge in [-0.1, -0.05) is 12.5 Å². The van der Waals surface area contributed by atoms with E-state index in [1.807, 2.05) is 29.3 Å². The molecule has 6 heteroatoms. The van der Waals surface area contributed by atoms with Crippen molar-refractivity contribution in [3.05, 3.63) is 23.4 Å². The van der Waals surface area contributed by atoms with Crippen molar-refractivity contribution in [1.82, 2.24) is 15.1 Å². The zero-order valence-corrected chi connectivity index (χ0v) is 13.4. The van der Waals surface area contributed by atoms with Gasteiger partial charge in [-0.2, -0.15) is 11.8 Å². The lowest BCUT2D eigenvalue weighted by atomic mass is 10.2. The van der Waals surface area contributed by atoms with Crippen LogP contribution in [-0.4, -0.2) is 39.7 Å². The summed E-state index contributed by atoms with van der Waals surface area (Å²) in [6.45, 7) is 0.736. The molecule has 0 radical (unpaired) electrons. The summed E-state index contributed by atoms with van der Waals surface area (Å²) in [4.78, 5) is 3.40. The Morgan fingerprint density at radius 1 is 1.45 bits per heavy atom. The summed E-state index contributed by atoms with van der Waals surface area (Å²) in [6, 6.07) is 4.63. The van der Waals surface area contributed by atoms with Crippen molar-refractivity contribution in [2.75, 3.05) is 13.3 Å². The number of rotatable bonds is 5. The highest BCUT2D eigenvalue weighted by molar-refractivity contribution is 7.99. The Hall–Kier alpha value is -0.850. The van der Waals surface area contributed by atoms with Crippen molar-refractivity contribution in [1.29, 1.82) is 0 Å². The molecule has 2 aromatic heterocycles. The molecule has 0 aromatic carbocycles. The van der Waals surface area contributed by atoms with E-state index < -0.39 is 0 Å². The highest BCUT2D eigenvalue weighted by atomic mass is 32.2. The number of thiophene rings is 1. The molecule has 1 aliphatic carbocycles. The van der Waals surface area contributed by atoms with E-state index in [0.717, 1.165) is 16.7 Å². The van der Waals surface area contributed by atoms with Gasteiger partial charge in [0, 0.05) is 11.3 Å². The Morgan fingerprint density at radius 2 is 2.35 bits per heavy atom. The summed E-state index contributed by atoms with van der Waals surface area (Å²) in [5, 5.41) is 11.1. The van der Waals surface area contributed by atoms with E-state index in [0.29, 0.717) is 17.8 Å². The molecule has 1 saturated carbocycles. The molecule has 0 saturated heterocycles. The normalized spacial score (nSPS) is 22.8. The van der Waals surface area contributed by atoms with Crippen LogP contribution in [0.2, 0.25) is 0 Å². The molecule has 0 aliphatic heterocycles. The van der Waals surface area contributed by atoms with Crippen LogP contribution in [-0.2, 0) is 6.54 Å². The van der Waals surface area contributed by atoms with Crippen LogP contribution in [0, 0.1) is 0 Å². The second kappa shape index (κ2) is 6.28. The lowest BCUT2D eigenvalue weighted by Gasteiger charge is -2.27. The van der Waals surface area contributed by atoms with Crippen LogP contribution >= 0.6 is 23.1 Å². The molecule has 20 heavy (non-hydrogen) atoms. The van der Waals surface area contributed by atoms with Crippen molar-refractivity contribution in [2.45, 2.75) is 37.1 Å².